The van der Waals surface area contributed by atoms with Crippen molar-refractivity contribution < 1.29 is 4.74 Å². The fraction of sp³-hybridized carbons (Fsp3) is 0.500. The third-order valence-corrected chi connectivity index (χ3v) is 5.01. The molecule has 2 aromatic rings. The van der Waals surface area contributed by atoms with Gasteiger partial charge in [-0.05, 0) is 62.7 Å². The molecule has 0 aliphatic carbocycles. The minimum Gasteiger partial charge on any atom is -0.491 e. The topological polar surface area (TPSA) is 28.6 Å². The van der Waals surface area contributed by atoms with Crippen LogP contribution >= 0.6 is 0 Å². The van der Waals surface area contributed by atoms with E-state index in [9.17, 15) is 0 Å². The molecule has 2 heterocycles. The highest BCUT2D eigenvalue weighted by molar-refractivity contribution is 5.28. The average molecular weight is 354 g/mol. The molecule has 0 unspecified atom stereocenters. The van der Waals surface area contributed by atoms with Crippen molar-refractivity contribution in [1.82, 2.24) is 14.8 Å². The van der Waals surface area contributed by atoms with Gasteiger partial charge in [0.25, 0.3) is 0 Å². The second-order valence-electron chi connectivity index (χ2n) is 7.21. The summed E-state index contributed by atoms with van der Waals surface area (Å²) < 4.78 is 5.97. The number of pyridine rings is 1. The van der Waals surface area contributed by atoms with Gasteiger partial charge in [-0.2, -0.15) is 0 Å². The largest absolute Gasteiger partial charge is 0.491 e. The van der Waals surface area contributed by atoms with Gasteiger partial charge in [-0.15, -0.1) is 0 Å². The summed E-state index contributed by atoms with van der Waals surface area (Å²) in [6.45, 7) is 10.7. The molecule has 1 aromatic heterocycles. The van der Waals surface area contributed by atoms with Gasteiger partial charge in [0.2, 0.25) is 0 Å². The Balaban J connectivity index is 1.52. The first-order valence-electron chi connectivity index (χ1n) is 9.83. The normalized spacial score (nSPS) is 17.6. The lowest BCUT2D eigenvalue weighted by molar-refractivity contribution is 0.216. The van der Waals surface area contributed by atoms with Gasteiger partial charge in [0.1, 0.15) is 5.75 Å². The maximum Gasteiger partial charge on any atom is 0.120 e. The van der Waals surface area contributed by atoms with Gasteiger partial charge in [-0.3, -0.25) is 14.8 Å². The van der Waals surface area contributed by atoms with Gasteiger partial charge >= 0.3 is 0 Å². The zero-order valence-electron chi connectivity index (χ0n) is 16.1. The number of hydrogen-bond acceptors (Lipinski definition) is 4. The van der Waals surface area contributed by atoms with Crippen LogP contribution in [-0.4, -0.2) is 47.1 Å². The van der Waals surface area contributed by atoms with Gasteiger partial charge in [-0.25, -0.2) is 0 Å². The van der Waals surface area contributed by atoms with Crippen molar-refractivity contribution in [2.24, 2.45) is 0 Å². The van der Waals surface area contributed by atoms with Crippen LogP contribution < -0.4 is 4.74 Å². The second-order valence-corrected chi connectivity index (χ2v) is 7.21. The molecule has 140 valence electrons. The Hall–Kier alpha value is -1.91. The lowest BCUT2D eigenvalue weighted by atomic mass is 10.2. The van der Waals surface area contributed by atoms with E-state index < -0.39 is 0 Å². The van der Waals surface area contributed by atoms with Crippen molar-refractivity contribution in [3.8, 4) is 5.75 Å². The van der Waals surface area contributed by atoms with Crippen LogP contribution in [0, 0.1) is 0 Å². The number of nitrogens with zero attached hydrogens (tertiary/aromatic N) is 3. The van der Waals surface area contributed by atoms with Crippen LogP contribution in [0.2, 0.25) is 0 Å². The van der Waals surface area contributed by atoms with Gasteiger partial charge in [-0.1, -0.05) is 25.1 Å². The van der Waals surface area contributed by atoms with Crippen LogP contribution in [0.5, 0.6) is 5.75 Å². The monoisotopic (exact) mass is 353 g/mol. The zero-order valence-corrected chi connectivity index (χ0v) is 16.1. The van der Waals surface area contributed by atoms with Crippen molar-refractivity contribution >= 4 is 0 Å². The number of rotatable bonds is 7. The smallest absolute Gasteiger partial charge is 0.120 e. The fourth-order valence-corrected chi connectivity index (χ4v) is 3.35. The zero-order chi connectivity index (χ0) is 18.2. The lowest BCUT2D eigenvalue weighted by Crippen LogP contribution is -2.30. The first-order valence-corrected chi connectivity index (χ1v) is 9.83. The van der Waals surface area contributed by atoms with Crippen LogP contribution in [0.1, 0.15) is 37.9 Å². The van der Waals surface area contributed by atoms with E-state index in [-0.39, 0.29) is 6.10 Å². The third kappa shape index (κ3) is 5.82. The highest BCUT2D eigenvalue weighted by Crippen LogP contribution is 2.18. The highest BCUT2D eigenvalue weighted by Gasteiger charge is 2.16. The highest BCUT2D eigenvalue weighted by atomic mass is 16.5. The summed E-state index contributed by atoms with van der Waals surface area (Å²) >= 11 is 0. The average Bonchev–Trinajstić information content (AvgIpc) is 2.88. The van der Waals surface area contributed by atoms with Gasteiger partial charge in [0.05, 0.1) is 11.8 Å². The van der Waals surface area contributed by atoms with E-state index in [1.807, 2.05) is 12.3 Å². The van der Waals surface area contributed by atoms with E-state index >= 15 is 0 Å². The Morgan fingerprint density at radius 3 is 2.54 bits per heavy atom. The summed E-state index contributed by atoms with van der Waals surface area (Å²) in [5.74, 6) is 0.989. The van der Waals surface area contributed by atoms with Crippen molar-refractivity contribution in [3.05, 3.63) is 59.9 Å². The van der Waals surface area contributed by atoms with Crippen LogP contribution in [-0.2, 0) is 13.1 Å². The van der Waals surface area contributed by atoms with Gasteiger partial charge in [0.15, 0.2) is 0 Å². The lowest BCUT2D eigenvalue weighted by Gasteiger charge is -2.22. The molecular weight excluding hydrogens is 322 g/mol. The molecule has 0 N–H and O–H groups in total. The van der Waals surface area contributed by atoms with E-state index in [4.69, 9.17) is 4.74 Å². The summed E-state index contributed by atoms with van der Waals surface area (Å²) in [5.41, 5.74) is 2.50. The van der Waals surface area contributed by atoms with Crippen LogP contribution in [0.15, 0.2) is 48.7 Å². The van der Waals surface area contributed by atoms with E-state index in [0.29, 0.717) is 0 Å². The predicted octanol–water partition coefficient (Wildman–Crippen LogP) is 3.97. The summed E-state index contributed by atoms with van der Waals surface area (Å²) in [6.07, 6.45) is 4.38. The third-order valence-electron chi connectivity index (χ3n) is 5.01. The molecule has 1 aromatic carbocycles. The second kappa shape index (κ2) is 9.70. The summed E-state index contributed by atoms with van der Waals surface area (Å²) in [5, 5.41) is 0. The molecule has 0 amide bonds. The van der Waals surface area contributed by atoms with Crippen molar-refractivity contribution in [3.63, 3.8) is 0 Å². The molecule has 4 heteroatoms. The Morgan fingerprint density at radius 2 is 1.81 bits per heavy atom. The Labute approximate surface area is 157 Å². The summed E-state index contributed by atoms with van der Waals surface area (Å²) in [6, 6.07) is 14.7. The minimum absolute atomic E-state index is 0.267. The van der Waals surface area contributed by atoms with Crippen LogP contribution in [0.25, 0.3) is 0 Å². The molecule has 4 nitrogen and oxygen atoms in total. The van der Waals surface area contributed by atoms with E-state index in [1.165, 1.54) is 12.0 Å². The quantitative estimate of drug-likeness (QED) is 0.753. The first-order chi connectivity index (χ1) is 12.7. The molecule has 26 heavy (non-hydrogen) atoms. The Kier molecular flexibility index (Phi) is 7.04. The first kappa shape index (κ1) is 18.9. The van der Waals surface area contributed by atoms with Gasteiger partial charge < -0.3 is 4.74 Å². The minimum atomic E-state index is 0.267. The van der Waals surface area contributed by atoms with Crippen molar-refractivity contribution in [1.29, 1.82) is 0 Å². The maximum absolute atomic E-state index is 5.97. The molecular formula is C22H31N3O. The van der Waals surface area contributed by atoms with Crippen molar-refractivity contribution in [2.45, 2.75) is 45.9 Å². The van der Waals surface area contributed by atoms with E-state index in [1.54, 1.807) is 0 Å². The Morgan fingerprint density at radius 1 is 1.00 bits per heavy atom. The predicted molar refractivity (Wildman–Crippen MR) is 106 cm³/mol. The molecule has 0 bridgehead atoms. The number of aromatic nitrogens is 1. The summed E-state index contributed by atoms with van der Waals surface area (Å²) in [7, 11) is 0. The van der Waals surface area contributed by atoms with Crippen LogP contribution in [0.4, 0.5) is 0 Å². The Bertz CT molecular complexity index is 661. The number of hydrogen-bond donors (Lipinski definition) is 0. The molecule has 1 atom stereocenters. The summed E-state index contributed by atoms with van der Waals surface area (Å²) in [4.78, 5) is 9.54. The molecule has 1 fully saturated rings. The fourth-order valence-electron chi connectivity index (χ4n) is 3.35. The molecule has 0 saturated carbocycles. The molecule has 0 spiro atoms. The van der Waals surface area contributed by atoms with Gasteiger partial charge in [0, 0.05) is 32.4 Å². The molecule has 1 aliphatic rings. The van der Waals surface area contributed by atoms with Crippen molar-refractivity contribution in [2.75, 3.05) is 26.2 Å². The van der Waals surface area contributed by atoms with E-state index in [2.05, 4.69) is 65.0 Å². The maximum atomic E-state index is 5.97. The molecule has 1 saturated heterocycles. The molecule has 1 aliphatic heterocycles. The SMILES string of the molecule is CC[C@@H](C)Oc1cccc(CN2CCCN(Cc3ccccn3)CC2)c1. The molecule has 0 radical (unpaired) electrons. The van der Waals surface area contributed by atoms with Crippen LogP contribution in [0.3, 0.4) is 0 Å². The number of benzene rings is 1. The number of ether oxygens (including phenoxy) is 1. The molecule has 3 rings (SSSR count). The van der Waals surface area contributed by atoms with E-state index in [0.717, 1.165) is 57.1 Å². The standard InChI is InChI=1S/C22H31N3O/c1-3-19(2)26-22-10-6-8-20(16-22)17-24-12-7-13-25(15-14-24)18-21-9-4-5-11-23-21/h4-6,8-11,16,19H,3,7,12-15,17-18H2,1-2H3/t19-/m1/s1.